The van der Waals surface area contributed by atoms with Crippen LogP contribution in [0.2, 0.25) is 5.02 Å². The molecule has 0 aliphatic carbocycles. The minimum absolute atomic E-state index is 0. The lowest BCUT2D eigenvalue weighted by molar-refractivity contribution is -0.140. The van der Waals surface area contributed by atoms with E-state index < -0.39 is 0 Å². The first-order chi connectivity index (χ1) is 9.25. The zero-order valence-corrected chi connectivity index (χ0v) is 13.9. The first-order valence-corrected chi connectivity index (χ1v) is 7.11. The Bertz CT molecular complexity index is 482. The predicted molar refractivity (Wildman–Crippen MR) is 89.6 cm³/mol. The second-order valence-electron chi connectivity index (χ2n) is 5.16. The summed E-state index contributed by atoms with van der Waals surface area (Å²) in [7, 11) is 0. The molecule has 0 aromatic heterocycles. The molecule has 2 aliphatic heterocycles. The Morgan fingerprint density at radius 3 is 2.57 bits per heavy atom. The van der Waals surface area contributed by atoms with Gasteiger partial charge in [0.05, 0.1) is 12.0 Å². The van der Waals surface area contributed by atoms with E-state index in [9.17, 15) is 4.79 Å². The normalized spacial score (nSPS) is 21.8. The highest BCUT2D eigenvalue weighted by molar-refractivity contribution is 6.30. The van der Waals surface area contributed by atoms with Crippen LogP contribution in [0.3, 0.4) is 0 Å². The third kappa shape index (κ3) is 4.02. The lowest BCUT2D eigenvalue weighted by atomic mass is 9.97. The molecule has 0 spiro atoms. The van der Waals surface area contributed by atoms with Gasteiger partial charge in [0.15, 0.2) is 0 Å². The highest BCUT2D eigenvalue weighted by Gasteiger charge is 2.34. The van der Waals surface area contributed by atoms with Crippen molar-refractivity contribution >= 4 is 42.3 Å². The Kier molecular flexibility index (Phi) is 7.24. The van der Waals surface area contributed by atoms with Gasteiger partial charge in [-0.3, -0.25) is 4.79 Å². The highest BCUT2D eigenvalue weighted by atomic mass is 35.5. The summed E-state index contributed by atoms with van der Waals surface area (Å²) in [5.41, 5.74) is 1.11. The molecule has 21 heavy (non-hydrogen) atoms. The van der Waals surface area contributed by atoms with Crippen LogP contribution in [0.4, 0.5) is 0 Å². The van der Waals surface area contributed by atoms with E-state index in [1.54, 1.807) is 0 Å². The molecule has 2 heterocycles. The standard InChI is InChI=1S/C14H18ClN3O.2ClH/c15-12-3-1-2-10(6-12)13-9-16-4-5-18(13)14(19)11-7-17-8-11;;/h1-3,6,11,13,16-17H,4-5,7-9H2;2*1H. The van der Waals surface area contributed by atoms with Crippen LogP contribution in [0, 0.1) is 5.92 Å². The third-order valence-electron chi connectivity index (χ3n) is 3.89. The molecule has 118 valence electrons. The third-order valence-corrected chi connectivity index (χ3v) is 4.13. The smallest absolute Gasteiger partial charge is 0.228 e. The molecule has 3 rings (SSSR count). The van der Waals surface area contributed by atoms with E-state index in [0.717, 1.165) is 43.3 Å². The van der Waals surface area contributed by atoms with Crippen molar-refractivity contribution in [3.63, 3.8) is 0 Å². The van der Waals surface area contributed by atoms with Crippen molar-refractivity contribution in [3.8, 4) is 0 Å². The number of piperazine rings is 1. The summed E-state index contributed by atoms with van der Waals surface area (Å²) < 4.78 is 0. The highest BCUT2D eigenvalue weighted by Crippen LogP contribution is 2.26. The molecule has 1 atom stereocenters. The van der Waals surface area contributed by atoms with Crippen LogP contribution in [-0.4, -0.2) is 43.5 Å². The number of carbonyl (C=O) groups is 1. The van der Waals surface area contributed by atoms with Crippen LogP contribution in [0.25, 0.3) is 0 Å². The largest absolute Gasteiger partial charge is 0.333 e. The van der Waals surface area contributed by atoms with Crippen molar-refractivity contribution in [1.29, 1.82) is 0 Å². The lowest BCUT2D eigenvalue weighted by Crippen LogP contribution is -2.56. The number of nitrogens with zero attached hydrogens (tertiary/aromatic N) is 1. The monoisotopic (exact) mass is 351 g/mol. The van der Waals surface area contributed by atoms with Crippen LogP contribution < -0.4 is 10.6 Å². The molecule has 2 aliphatic rings. The fourth-order valence-corrected chi connectivity index (χ4v) is 2.88. The van der Waals surface area contributed by atoms with Gasteiger partial charge in [0.2, 0.25) is 5.91 Å². The Balaban J connectivity index is 0.00000110. The zero-order valence-electron chi connectivity index (χ0n) is 11.5. The maximum Gasteiger partial charge on any atom is 0.228 e. The van der Waals surface area contributed by atoms with Gasteiger partial charge in [-0.1, -0.05) is 23.7 Å². The van der Waals surface area contributed by atoms with Gasteiger partial charge < -0.3 is 15.5 Å². The molecule has 0 saturated carbocycles. The van der Waals surface area contributed by atoms with E-state index in [1.807, 2.05) is 29.2 Å². The number of hydrogen-bond acceptors (Lipinski definition) is 3. The van der Waals surface area contributed by atoms with Crippen molar-refractivity contribution in [2.75, 3.05) is 32.7 Å². The number of amides is 1. The molecule has 2 saturated heterocycles. The second kappa shape index (κ2) is 8.20. The lowest BCUT2D eigenvalue weighted by Gasteiger charge is -2.40. The van der Waals surface area contributed by atoms with Gasteiger partial charge in [-0.15, -0.1) is 24.8 Å². The Morgan fingerprint density at radius 2 is 1.95 bits per heavy atom. The predicted octanol–water partition coefficient (Wildman–Crippen LogP) is 1.88. The van der Waals surface area contributed by atoms with Crippen LogP contribution in [0.1, 0.15) is 11.6 Å². The topological polar surface area (TPSA) is 44.4 Å². The number of rotatable bonds is 2. The molecule has 0 bridgehead atoms. The van der Waals surface area contributed by atoms with Gasteiger partial charge in [0.1, 0.15) is 0 Å². The van der Waals surface area contributed by atoms with Gasteiger partial charge in [-0.05, 0) is 17.7 Å². The summed E-state index contributed by atoms with van der Waals surface area (Å²) in [5.74, 6) is 0.421. The second-order valence-corrected chi connectivity index (χ2v) is 5.60. The molecule has 4 nitrogen and oxygen atoms in total. The summed E-state index contributed by atoms with van der Waals surface area (Å²) in [4.78, 5) is 14.5. The van der Waals surface area contributed by atoms with Crippen molar-refractivity contribution in [1.82, 2.24) is 15.5 Å². The van der Waals surface area contributed by atoms with E-state index in [4.69, 9.17) is 11.6 Å². The van der Waals surface area contributed by atoms with Crippen LogP contribution in [0.15, 0.2) is 24.3 Å². The number of nitrogens with one attached hydrogen (secondary N) is 2. The molecule has 2 fully saturated rings. The van der Waals surface area contributed by atoms with Gasteiger partial charge >= 0.3 is 0 Å². The number of halogens is 3. The summed E-state index contributed by atoms with van der Waals surface area (Å²) in [6.07, 6.45) is 0. The van der Waals surface area contributed by atoms with E-state index in [-0.39, 0.29) is 42.7 Å². The van der Waals surface area contributed by atoms with Gasteiger partial charge in [0, 0.05) is 37.7 Å². The van der Waals surface area contributed by atoms with Crippen molar-refractivity contribution in [2.45, 2.75) is 6.04 Å². The fraction of sp³-hybridized carbons (Fsp3) is 0.500. The molecular weight excluding hydrogens is 333 g/mol. The Morgan fingerprint density at radius 1 is 1.19 bits per heavy atom. The molecule has 1 unspecified atom stereocenters. The quantitative estimate of drug-likeness (QED) is 0.854. The molecule has 1 aromatic rings. The van der Waals surface area contributed by atoms with Crippen LogP contribution >= 0.6 is 36.4 Å². The molecule has 1 amide bonds. The zero-order chi connectivity index (χ0) is 13.2. The van der Waals surface area contributed by atoms with Gasteiger partial charge in [-0.25, -0.2) is 0 Å². The minimum Gasteiger partial charge on any atom is -0.333 e. The molecule has 1 aromatic carbocycles. The van der Waals surface area contributed by atoms with E-state index in [1.165, 1.54) is 0 Å². The van der Waals surface area contributed by atoms with Gasteiger partial charge in [-0.2, -0.15) is 0 Å². The van der Waals surface area contributed by atoms with E-state index >= 15 is 0 Å². The summed E-state index contributed by atoms with van der Waals surface area (Å²) in [6, 6.07) is 7.91. The van der Waals surface area contributed by atoms with E-state index in [2.05, 4.69) is 10.6 Å². The minimum atomic E-state index is 0. The summed E-state index contributed by atoms with van der Waals surface area (Å²) in [5, 5.41) is 7.24. The van der Waals surface area contributed by atoms with E-state index in [0.29, 0.717) is 0 Å². The number of carbonyl (C=O) groups excluding carboxylic acids is 1. The van der Waals surface area contributed by atoms with Crippen molar-refractivity contribution in [2.24, 2.45) is 5.92 Å². The van der Waals surface area contributed by atoms with Crippen molar-refractivity contribution in [3.05, 3.63) is 34.9 Å². The molecule has 2 N–H and O–H groups in total. The fourth-order valence-electron chi connectivity index (χ4n) is 2.68. The number of benzene rings is 1. The van der Waals surface area contributed by atoms with Crippen LogP contribution in [0.5, 0.6) is 0 Å². The first kappa shape index (κ1) is 18.5. The van der Waals surface area contributed by atoms with Gasteiger partial charge in [0.25, 0.3) is 0 Å². The Labute approximate surface area is 142 Å². The molecular formula is C14H20Cl3N3O. The van der Waals surface area contributed by atoms with Crippen molar-refractivity contribution < 1.29 is 4.79 Å². The maximum atomic E-state index is 12.5. The average molecular weight is 353 g/mol. The summed E-state index contributed by atoms with van der Waals surface area (Å²) >= 11 is 6.06. The van der Waals surface area contributed by atoms with Crippen LogP contribution in [-0.2, 0) is 4.79 Å². The number of hydrogen-bond donors (Lipinski definition) is 2. The molecule has 7 heteroatoms. The first-order valence-electron chi connectivity index (χ1n) is 6.73. The summed E-state index contributed by atoms with van der Waals surface area (Å²) in [6.45, 7) is 4.05. The maximum absolute atomic E-state index is 12.5. The Hall–Kier alpha value is -0.520. The molecule has 0 radical (unpaired) electrons. The average Bonchev–Trinajstić information content (AvgIpc) is 2.37. The SMILES string of the molecule is Cl.Cl.O=C(C1CNC1)N1CCNCC1c1cccc(Cl)c1.